The van der Waals surface area contributed by atoms with Crippen molar-refractivity contribution in [1.82, 2.24) is 4.98 Å². The van der Waals surface area contributed by atoms with Crippen LogP contribution in [0.4, 0.5) is 0 Å². The van der Waals surface area contributed by atoms with E-state index in [1.165, 1.54) is 6.42 Å². The van der Waals surface area contributed by atoms with Crippen LogP contribution in [0.5, 0.6) is 0 Å². The van der Waals surface area contributed by atoms with Gasteiger partial charge in [0.15, 0.2) is 0 Å². The number of hydrogen-bond donors (Lipinski definition) is 0. The number of hydrogen-bond acceptors (Lipinski definition) is 3. The first-order valence-electron chi connectivity index (χ1n) is 6.61. The Morgan fingerprint density at radius 2 is 2.12 bits per heavy atom. The van der Waals surface area contributed by atoms with Crippen LogP contribution in [0.25, 0.3) is 0 Å². The van der Waals surface area contributed by atoms with Crippen molar-refractivity contribution in [3.8, 4) is 0 Å². The molecule has 0 saturated carbocycles. The molecule has 0 N–H and O–H groups in total. The van der Waals surface area contributed by atoms with Crippen molar-refractivity contribution < 1.29 is 4.79 Å². The third-order valence-corrected chi connectivity index (χ3v) is 3.84. The maximum atomic E-state index is 12.2. The van der Waals surface area contributed by atoms with Gasteiger partial charge < -0.3 is 0 Å². The Bertz CT molecular complexity index is 346. The molecule has 0 bridgehead atoms. The number of aromatic nitrogens is 1. The Hall–Kier alpha value is -0.700. The van der Waals surface area contributed by atoms with Crippen LogP contribution >= 0.6 is 11.3 Å². The summed E-state index contributed by atoms with van der Waals surface area (Å²) in [6.07, 6.45) is 6.03. The fourth-order valence-electron chi connectivity index (χ4n) is 2.08. The molecule has 0 aliphatic carbocycles. The predicted molar refractivity (Wildman–Crippen MR) is 73.5 cm³/mol. The number of thiazole rings is 1. The van der Waals surface area contributed by atoms with Gasteiger partial charge in [0.25, 0.3) is 0 Å². The van der Waals surface area contributed by atoms with Gasteiger partial charge in [0, 0.05) is 17.7 Å². The quantitative estimate of drug-likeness (QED) is 0.696. The predicted octanol–water partition coefficient (Wildman–Crippen LogP) is 4.17. The van der Waals surface area contributed by atoms with E-state index in [9.17, 15) is 4.79 Å². The van der Waals surface area contributed by atoms with Crippen LogP contribution in [0.3, 0.4) is 0 Å². The topological polar surface area (TPSA) is 30.0 Å². The van der Waals surface area contributed by atoms with Gasteiger partial charge in [-0.1, -0.05) is 33.1 Å². The van der Waals surface area contributed by atoms with E-state index in [0.717, 1.165) is 36.4 Å². The molecule has 0 spiro atoms. The van der Waals surface area contributed by atoms with E-state index in [2.05, 4.69) is 18.8 Å². The third kappa shape index (κ3) is 4.99. The second kappa shape index (κ2) is 7.59. The van der Waals surface area contributed by atoms with Crippen molar-refractivity contribution in [2.24, 2.45) is 5.92 Å². The van der Waals surface area contributed by atoms with Gasteiger partial charge in [-0.15, -0.1) is 11.3 Å². The standard InChI is InChI=1S/C14H23NOS/c1-4-6-8-12(7-5-2)14(16)9-13-10-17-11(3)15-13/h10,12H,4-9H2,1-3H3. The molecule has 1 aromatic heterocycles. The van der Waals surface area contributed by atoms with Gasteiger partial charge in [0.05, 0.1) is 10.7 Å². The molecular formula is C14H23NOS. The Morgan fingerprint density at radius 3 is 2.65 bits per heavy atom. The second-order valence-electron chi connectivity index (χ2n) is 4.63. The molecule has 0 aliphatic rings. The van der Waals surface area contributed by atoms with Gasteiger partial charge in [-0.2, -0.15) is 0 Å². The summed E-state index contributed by atoms with van der Waals surface area (Å²) in [5.41, 5.74) is 0.954. The lowest BCUT2D eigenvalue weighted by molar-refractivity contribution is -0.122. The lowest BCUT2D eigenvalue weighted by Gasteiger charge is -2.13. The maximum absolute atomic E-state index is 12.2. The smallest absolute Gasteiger partial charge is 0.141 e. The Morgan fingerprint density at radius 1 is 1.35 bits per heavy atom. The molecule has 17 heavy (non-hydrogen) atoms. The summed E-state index contributed by atoms with van der Waals surface area (Å²) in [6.45, 7) is 6.32. The van der Waals surface area contributed by atoms with Crippen LogP contribution in [-0.2, 0) is 11.2 Å². The minimum absolute atomic E-state index is 0.252. The van der Waals surface area contributed by atoms with Crippen molar-refractivity contribution in [3.63, 3.8) is 0 Å². The highest BCUT2D eigenvalue weighted by atomic mass is 32.1. The normalized spacial score (nSPS) is 12.6. The molecule has 0 aliphatic heterocycles. The van der Waals surface area contributed by atoms with Crippen molar-refractivity contribution in [1.29, 1.82) is 0 Å². The SMILES string of the molecule is CCCCC(CCC)C(=O)Cc1csc(C)n1. The average molecular weight is 253 g/mol. The van der Waals surface area contributed by atoms with E-state index in [1.54, 1.807) is 11.3 Å². The zero-order valence-corrected chi connectivity index (χ0v) is 12.0. The molecular weight excluding hydrogens is 230 g/mol. The van der Waals surface area contributed by atoms with Gasteiger partial charge in [-0.3, -0.25) is 4.79 Å². The number of carbonyl (C=O) groups excluding carboxylic acids is 1. The van der Waals surface area contributed by atoms with Crippen LogP contribution in [0.1, 0.15) is 56.7 Å². The van der Waals surface area contributed by atoms with Crippen molar-refractivity contribution >= 4 is 17.1 Å². The summed E-state index contributed by atoms with van der Waals surface area (Å²) in [6, 6.07) is 0. The van der Waals surface area contributed by atoms with E-state index >= 15 is 0 Å². The lowest BCUT2D eigenvalue weighted by Crippen LogP contribution is -2.17. The van der Waals surface area contributed by atoms with E-state index in [1.807, 2.05) is 12.3 Å². The molecule has 1 aromatic rings. The number of unbranched alkanes of at least 4 members (excludes halogenated alkanes) is 1. The van der Waals surface area contributed by atoms with Crippen molar-refractivity contribution in [2.75, 3.05) is 0 Å². The summed E-state index contributed by atoms with van der Waals surface area (Å²) in [4.78, 5) is 16.6. The van der Waals surface area contributed by atoms with E-state index in [4.69, 9.17) is 0 Å². The Kier molecular flexibility index (Phi) is 6.41. The average Bonchev–Trinajstić information content (AvgIpc) is 2.70. The fraction of sp³-hybridized carbons (Fsp3) is 0.714. The molecule has 1 rings (SSSR count). The molecule has 1 heterocycles. The molecule has 0 radical (unpaired) electrons. The molecule has 96 valence electrons. The lowest BCUT2D eigenvalue weighted by atomic mass is 9.91. The fourth-order valence-corrected chi connectivity index (χ4v) is 2.69. The minimum atomic E-state index is 0.252. The molecule has 2 nitrogen and oxygen atoms in total. The number of aryl methyl sites for hydroxylation is 1. The van der Waals surface area contributed by atoms with Crippen molar-refractivity contribution in [3.05, 3.63) is 16.1 Å². The summed E-state index contributed by atoms with van der Waals surface area (Å²) < 4.78 is 0. The van der Waals surface area contributed by atoms with Crippen LogP contribution in [0, 0.1) is 12.8 Å². The summed E-state index contributed by atoms with van der Waals surface area (Å²) in [7, 11) is 0. The van der Waals surface area contributed by atoms with Crippen LogP contribution in [0.2, 0.25) is 0 Å². The number of nitrogens with zero attached hydrogens (tertiary/aromatic N) is 1. The molecule has 0 fully saturated rings. The van der Waals surface area contributed by atoms with Gasteiger partial charge in [-0.25, -0.2) is 4.98 Å². The molecule has 1 unspecified atom stereocenters. The monoisotopic (exact) mass is 253 g/mol. The number of ketones is 1. The molecule has 0 aromatic carbocycles. The van der Waals surface area contributed by atoms with Gasteiger partial charge in [-0.05, 0) is 19.8 Å². The zero-order valence-electron chi connectivity index (χ0n) is 11.2. The Labute approximate surface area is 108 Å². The highest BCUT2D eigenvalue weighted by Crippen LogP contribution is 2.19. The number of rotatable bonds is 8. The van der Waals surface area contributed by atoms with Crippen LogP contribution in [-0.4, -0.2) is 10.8 Å². The summed E-state index contributed by atoms with van der Waals surface area (Å²) in [5.74, 6) is 0.632. The molecule has 3 heteroatoms. The molecule has 0 amide bonds. The Balaban J connectivity index is 2.52. The first-order chi connectivity index (χ1) is 8.17. The van der Waals surface area contributed by atoms with Crippen LogP contribution < -0.4 is 0 Å². The largest absolute Gasteiger partial charge is 0.299 e. The number of Topliss-reactive ketones (excluding diaryl/α,β-unsaturated/α-hetero) is 1. The van der Waals surface area contributed by atoms with Gasteiger partial charge in [0.1, 0.15) is 5.78 Å². The van der Waals surface area contributed by atoms with Gasteiger partial charge >= 0.3 is 0 Å². The summed E-state index contributed by atoms with van der Waals surface area (Å²) in [5, 5.41) is 3.06. The molecule has 1 atom stereocenters. The number of carbonyl (C=O) groups is 1. The zero-order chi connectivity index (χ0) is 12.7. The van der Waals surface area contributed by atoms with Crippen molar-refractivity contribution in [2.45, 2.75) is 59.3 Å². The van der Waals surface area contributed by atoms with E-state index in [-0.39, 0.29) is 5.92 Å². The van der Waals surface area contributed by atoms with Crippen LogP contribution in [0.15, 0.2) is 5.38 Å². The summed E-state index contributed by atoms with van der Waals surface area (Å²) >= 11 is 1.63. The first-order valence-corrected chi connectivity index (χ1v) is 7.49. The third-order valence-electron chi connectivity index (χ3n) is 3.02. The first kappa shape index (κ1) is 14.4. The molecule has 0 saturated heterocycles. The highest BCUT2D eigenvalue weighted by Gasteiger charge is 2.18. The van der Waals surface area contributed by atoms with E-state index < -0.39 is 0 Å². The van der Waals surface area contributed by atoms with Gasteiger partial charge in [0.2, 0.25) is 0 Å². The maximum Gasteiger partial charge on any atom is 0.141 e. The van der Waals surface area contributed by atoms with E-state index in [0.29, 0.717) is 12.2 Å². The minimum Gasteiger partial charge on any atom is -0.299 e. The highest BCUT2D eigenvalue weighted by molar-refractivity contribution is 7.09. The second-order valence-corrected chi connectivity index (χ2v) is 5.69.